The van der Waals surface area contributed by atoms with Gasteiger partial charge in [-0.3, -0.25) is 4.79 Å². The highest BCUT2D eigenvalue weighted by atomic mass is 16.5. The van der Waals surface area contributed by atoms with Crippen molar-refractivity contribution < 1.29 is 19.0 Å². The summed E-state index contributed by atoms with van der Waals surface area (Å²) in [7, 11) is 0. The van der Waals surface area contributed by atoms with E-state index in [9.17, 15) is 4.79 Å². The summed E-state index contributed by atoms with van der Waals surface area (Å²) in [5, 5.41) is 6.51. The Bertz CT molecular complexity index is 1610. The highest BCUT2D eigenvalue weighted by molar-refractivity contribution is 5.95. The van der Waals surface area contributed by atoms with Gasteiger partial charge < -0.3 is 14.2 Å². The third kappa shape index (κ3) is 6.66. The average Bonchev–Trinajstić information content (AvgIpc) is 3.00. The number of hydrazone groups is 1. The van der Waals surface area contributed by atoms with Crippen LogP contribution in [0.4, 0.5) is 0 Å². The number of ether oxygens (including phenoxy) is 3. The van der Waals surface area contributed by atoms with Crippen LogP contribution in [0.25, 0.3) is 10.8 Å². The zero-order valence-corrected chi connectivity index (χ0v) is 22.2. The summed E-state index contributed by atoms with van der Waals surface area (Å²) in [4.78, 5) is 12.8. The van der Waals surface area contributed by atoms with Gasteiger partial charge in [0.2, 0.25) is 0 Å². The molecule has 6 heteroatoms. The van der Waals surface area contributed by atoms with Crippen LogP contribution in [0.5, 0.6) is 17.2 Å². The van der Waals surface area contributed by atoms with E-state index in [-0.39, 0.29) is 5.91 Å². The lowest BCUT2D eigenvalue weighted by Gasteiger charge is -2.13. The van der Waals surface area contributed by atoms with Crippen LogP contribution >= 0.6 is 0 Å². The van der Waals surface area contributed by atoms with Crippen molar-refractivity contribution in [2.75, 3.05) is 6.61 Å². The number of fused-ring (bicyclic) bond motifs is 1. The molecule has 0 spiro atoms. The van der Waals surface area contributed by atoms with E-state index in [0.29, 0.717) is 42.6 Å². The number of nitrogens with one attached hydrogen (secondary N) is 1. The van der Waals surface area contributed by atoms with Gasteiger partial charge in [0.05, 0.1) is 12.8 Å². The van der Waals surface area contributed by atoms with Crippen LogP contribution < -0.4 is 19.6 Å². The normalized spacial score (nSPS) is 10.9. The van der Waals surface area contributed by atoms with E-state index in [0.717, 1.165) is 22.1 Å². The summed E-state index contributed by atoms with van der Waals surface area (Å²) < 4.78 is 17.8. The SMILES string of the molecule is CCOc1cc(C(=O)N/N=C/c2ccccc2OCc2cccc3ccccc23)ccc1OCc1ccccc1. The molecule has 0 radical (unpaired) electrons. The quantitative estimate of drug-likeness (QED) is 0.145. The number of benzene rings is 5. The Labute approximate surface area is 233 Å². The summed E-state index contributed by atoms with van der Waals surface area (Å²) in [6, 6.07) is 37.0. The number of carbonyl (C=O) groups is 1. The Morgan fingerprint density at radius 1 is 0.725 bits per heavy atom. The van der Waals surface area contributed by atoms with Crippen LogP contribution in [0.2, 0.25) is 0 Å². The fourth-order valence-corrected chi connectivity index (χ4v) is 4.29. The predicted octanol–water partition coefficient (Wildman–Crippen LogP) is 7.16. The Kier molecular flexibility index (Phi) is 8.69. The van der Waals surface area contributed by atoms with E-state index in [4.69, 9.17) is 14.2 Å². The molecule has 1 amide bonds. The molecule has 40 heavy (non-hydrogen) atoms. The number of hydrogen-bond donors (Lipinski definition) is 1. The van der Waals surface area contributed by atoms with Crippen molar-refractivity contribution in [1.82, 2.24) is 5.43 Å². The number of rotatable bonds is 11. The van der Waals surface area contributed by atoms with E-state index in [1.165, 1.54) is 5.39 Å². The minimum absolute atomic E-state index is 0.360. The first-order chi connectivity index (χ1) is 19.7. The molecule has 0 aromatic heterocycles. The second-order valence-electron chi connectivity index (χ2n) is 9.03. The maximum atomic E-state index is 12.8. The second kappa shape index (κ2) is 13.1. The van der Waals surface area contributed by atoms with Crippen molar-refractivity contribution in [3.05, 3.63) is 138 Å². The molecule has 0 atom stereocenters. The van der Waals surface area contributed by atoms with Crippen molar-refractivity contribution in [3.63, 3.8) is 0 Å². The van der Waals surface area contributed by atoms with Gasteiger partial charge >= 0.3 is 0 Å². The summed E-state index contributed by atoms with van der Waals surface area (Å²) >= 11 is 0. The van der Waals surface area contributed by atoms with Crippen LogP contribution in [0.1, 0.15) is 34.0 Å². The van der Waals surface area contributed by atoms with Gasteiger partial charge in [-0.2, -0.15) is 5.10 Å². The van der Waals surface area contributed by atoms with Gasteiger partial charge in [0, 0.05) is 11.1 Å². The fourth-order valence-electron chi connectivity index (χ4n) is 4.29. The molecule has 0 saturated heterocycles. The summed E-state index contributed by atoms with van der Waals surface area (Å²) in [5.41, 5.74) is 5.90. The molecule has 0 aliphatic heterocycles. The van der Waals surface area contributed by atoms with Crippen LogP contribution in [0.3, 0.4) is 0 Å². The Morgan fingerprint density at radius 3 is 2.35 bits per heavy atom. The lowest BCUT2D eigenvalue weighted by Crippen LogP contribution is -2.18. The number of para-hydroxylation sites is 1. The number of amides is 1. The number of carbonyl (C=O) groups excluding carboxylic acids is 1. The smallest absolute Gasteiger partial charge is 0.271 e. The molecular weight excluding hydrogens is 500 g/mol. The van der Waals surface area contributed by atoms with Crippen LogP contribution in [0, 0.1) is 0 Å². The first kappa shape index (κ1) is 26.5. The standard InChI is InChI=1S/C34H30N2O4/c1-2-38-33-21-27(19-20-32(33)39-23-25-11-4-3-5-12-25)34(37)36-35-22-28-14-7-9-18-31(28)40-24-29-16-10-15-26-13-6-8-17-30(26)29/h3-22H,2,23-24H2,1H3,(H,36,37)/b35-22+. The first-order valence-electron chi connectivity index (χ1n) is 13.2. The minimum atomic E-state index is -0.360. The van der Waals surface area contributed by atoms with Crippen LogP contribution in [0.15, 0.2) is 120 Å². The highest BCUT2D eigenvalue weighted by Crippen LogP contribution is 2.29. The van der Waals surface area contributed by atoms with Crippen LogP contribution in [-0.2, 0) is 13.2 Å². The molecule has 0 unspecified atom stereocenters. The van der Waals surface area contributed by atoms with Crippen molar-refractivity contribution >= 4 is 22.9 Å². The Morgan fingerprint density at radius 2 is 1.48 bits per heavy atom. The molecule has 5 rings (SSSR count). The lowest BCUT2D eigenvalue weighted by molar-refractivity contribution is 0.0954. The third-order valence-electron chi connectivity index (χ3n) is 6.29. The lowest BCUT2D eigenvalue weighted by atomic mass is 10.1. The molecule has 0 fully saturated rings. The monoisotopic (exact) mass is 530 g/mol. The topological polar surface area (TPSA) is 69.2 Å². The summed E-state index contributed by atoms with van der Waals surface area (Å²) in [6.45, 7) is 3.15. The van der Waals surface area contributed by atoms with Gasteiger partial charge in [-0.15, -0.1) is 0 Å². The van der Waals surface area contributed by atoms with E-state index >= 15 is 0 Å². The van der Waals surface area contributed by atoms with Crippen molar-refractivity contribution in [2.24, 2.45) is 5.10 Å². The Hall–Kier alpha value is -5.10. The molecule has 0 aliphatic carbocycles. The zero-order chi connectivity index (χ0) is 27.6. The van der Waals surface area contributed by atoms with E-state index in [2.05, 4.69) is 34.8 Å². The van der Waals surface area contributed by atoms with E-state index in [1.807, 2.05) is 79.7 Å². The van der Waals surface area contributed by atoms with Gasteiger partial charge in [0.25, 0.3) is 5.91 Å². The van der Waals surface area contributed by atoms with E-state index in [1.54, 1.807) is 24.4 Å². The third-order valence-corrected chi connectivity index (χ3v) is 6.29. The molecule has 5 aromatic carbocycles. The second-order valence-corrected chi connectivity index (χ2v) is 9.03. The molecule has 1 N–H and O–H groups in total. The number of nitrogens with zero attached hydrogens (tertiary/aromatic N) is 1. The van der Waals surface area contributed by atoms with Crippen molar-refractivity contribution in [3.8, 4) is 17.2 Å². The van der Waals surface area contributed by atoms with Gasteiger partial charge in [-0.1, -0.05) is 84.9 Å². The van der Waals surface area contributed by atoms with Crippen LogP contribution in [-0.4, -0.2) is 18.7 Å². The Balaban J connectivity index is 1.23. The van der Waals surface area contributed by atoms with Gasteiger partial charge in [0.1, 0.15) is 19.0 Å². The molecule has 5 aromatic rings. The average molecular weight is 531 g/mol. The van der Waals surface area contributed by atoms with Crippen molar-refractivity contribution in [2.45, 2.75) is 20.1 Å². The molecule has 6 nitrogen and oxygen atoms in total. The van der Waals surface area contributed by atoms with E-state index < -0.39 is 0 Å². The fraction of sp³-hybridized carbons (Fsp3) is 0.118. The predicted molar refractivity (Wildman–Crippen MR) is 158 cm³/mol. The molecular formula is C34H30N2O4. The minimum Gasteiger partial charge on any atom is -0.490 e. The number of hydrogen-bond acceptors (Lipinski definition) is 5. The molecule has 0 bridgehead atoms. The molecule has 0 saturated carbocycles. The first-order valence-corrected chi connectivity index (χ1v) is 13.2. The zero-order valence-electron chi connectivity index (χ0n) is 22.2. The maximum absolute atomic E-state index is 12.8. The summed E-state index contributed by atoms with van der Waals surface area (Å²) in [6.07, 6.45) is 1.58. The van der Waals surface area contributed by atoms with Gasteiger partial charge in [-0.05, 0) is 59.2 Å². The highest BCUT2D eigenvalue weighted by Gasteiger charge is 2.12. The maximum Gasteiger partial charge on any atom is 0.271 e. The molecule has 0 heterocycles. The van der Waals surface area contributed by atoms with Crippen molar-refractivity contribution in [1.29, 1.82) is 0 Å². The molecule has 200 valence electrons. The molecule has 0 aliphatic rings. The summed E-state index contributed by atoms with van der Waals surface area (Å²) in [5.74, 6) is 1.39. The van der Waals surface area contributed by atoms with Gasteiger partial charge in [-0.25, -0.2) is 5.43 Å². The largest absolute Gasteiger partial charge is 0.490 e. The van der Waals surface area contributed by atoms with Gasteiger partial charge in [0.15, 0.2) is 11.5 Å².